The number of methoxy groups -OCH3 is 2. The van der Waals surface area contributed by atoms with Gasteiger partial charge < -0.3 is 22.3 Å². The first-order chi connectivity index (χ1) is 7.99. The van der Waals surface area contributed by atoms with Gasteiger partial charge in [0.15, 0.2) is 0 Å². The molecule has 0 bridgehead atoms. The third-order valence-corrected chi connectivity index (χ3v) is 2.92. The number of hydrogen-bond acceptors (Lipinski definition) is 5. The second-order valence-electron chi connectivity index (χ2n) is 2.94. The topological polar surface area (TPSA) is 46.2 Å². The zero-order chi connectivity index (χ0) is 13.1. The summed E-state index contributed by atoms with van der Waals surface area (Å²) in [5.74, 6) is 0. The van der Waals surface area contributed by atoms with Crippen LogP contribution in [0.15, 0.2) is 0 Å². The van der Waals surface area contributed by atoms with E-state index in [1.54, 1.807) is 0 Å². The molecule has 0 unspecified atom stereocenters. The minimum Gasteiger partial charge on any atom is -1.00 e. The van der Waals surface area contributed by atoms with Crippen molar-refractivity contribution in [2.45, 2.75) is 6.18 Å². The normalized spacial score (nSPS) is 11.2. The van der Waals surface area contributed by atoms with Crippen molar-refractivity contribution in [3.05, 3.63) is 0 Å². The maximum atomic E-state index is 11.9. The van der Waals surface area contributed by atoms with Crippen molar-refractivity contribution in [2.75, 3.05) is 47.3 Å². The molecule has 0 radical (unpaired) electrons. The van der Waals surface area contributed by atoms with Crippen molar-refractivity contribution in [1.82, 2.24) is 0 Å². The van der Waals surface area contributed by atoms with E-state index in [0.717, 1.165) is 0 Å². The van der Waals surface area contributed by atoms with E-state index in [0.29, 0.717) is 0 Å². The number of rotatable bonds is 10. The largest absolute Gasteiger partial charge is 1.00 e. The Morgan fingerprint density at radius 2 is 1.33 bits per heavy atom. The standard InChI is InChI=1S/2C3H7O2.C2H2F3O.Al.Na.H/c2*1-5-3-2-4;3-2(4,5)1-6;;;/h2*2-3H2,1H3;1H2;;;/q3*-1;+3;+1;-1. The molecule has 0 N–H and O–H groups in total. The first kappa shape index (κ1) is 21.4. The zero-order valence-corrected chi connectivity index (χ0v) is 13.9. The second kappa shape index (κ2) is 13.1. The van der Waals surface area contributed by atoms with Gasteiger partial charge in [0, 0.05) is 27.4 Å². The fourth-order valence-corrected chi connectivity index (χ4v) is 1.95. The molecule has 0 aromatic rings. The van der Waals surface area contributed by atoms with Gasteiger partial charge in [0.05, 0.1) is 13.2 Å². The monoisotopic (exact) mass is 300 g/mol. The summed E-state index contributed by atoms with van der Waals surface area (Å²) in [5, 5.41) is 0. The predicted molar refractivity (Wildman–Crippen MR) is 54.5 cm³/mol. The van der Waals surface area contributed by atoms with Crippen LogP contribution in [0.4, 0.5) is 13.2 Å². The van der Waals surface area contributed by atoms with Crippen molar-refractivity contribution in [3.63, 3.8) is 0 Å². The molecule has 18 heavy (non-hydrogen) atoms. The van der Waals surface area contributed by atoms with E-state index >= 15 is 0 Å². The van der Waals surface area contributed by atoms with Gasteiger partial charge in [-0.15, -0.1) is 0 Å². The summed E-state index contributed by atoms with van der Waals surface area (Å²) in [6.45, 7) is -0.556. The molecule has 5 nitrogen and oxygen atoms in total. The Kier molecular flexibility index (Phi) is 15.6. The summed E-state index contributed by atoms with van der Waals surface area (Å²) in [7, 11) is 2.92. The Labute approximate surface area is 133 Å². The SMILES string of the molecule is COCC[O][Al]([O]CCOC)[O]CC(F)(F)F.[H-].[Na+]. The first-order valence-corrected chi connectivity index (χ1v) is 6.30. The fourth-order valence-electron chi connectivity index (χ4n) is 0.762. The molecule has 0 fully saturated rings. The van der Waals surface area contributed by atoms with E-state index in [-0.39, 0.29) is 57.4 Å². The summed E-state index contributed by atoms with van der Waals surface area (Å²) >= 11 is -2.78. The number of ether oxygens (including phenoxy) is 2. The minimum absolute atomic E-state index is 0. The van der Waals surface area contributed by atoms with E-state index in [1.165, 1.54) is 14.2 Å². The van der Waals surface area contributed by atoms with Crippen molar-refractivity contribution in [1.29, 1.82) is 0 Å². The quantitative estimate of drug-likeness (QED) is 0.345. The molecule has 0 aromatic carbocycles. The van der Waals surface area contributed by atoms with Gasteiger partial charge >= 0.3 is 50.9 Å². The van der Waals surface area contributed by atoms with Crippen LogP contribution < -0.4 is 29.6 Å². The molecule has 0 aliphatic carbocycles. The summed E-state index contributed by atoms with van der Waals surface area (Å²) in [4.78, 5) is 0. The Bertz CT molecular complexity index is 182. The summed E-state index contributed by atoms with van der Waals surface area (Å²) in [5.41, 5.74) is 0. The van der Waals surface area contributed by atoms with Crippen LogP contribution in [-0.2, 0) is 20.8 Å². The Hall–Kier alpha value is 1.12. The van der Waals surface area contributed by atoms with Gasteiger partial charge in [-0.3, -0.25) is 0 Å². The second-order valence-corrected chi connectivity index (χ2v) is 4.52. The van der Waals surface area contributed by atoms with Crippen LogP contribution >= 0.6 is 0 Å². The van der Waals surface area contributed by atoms with Gasteiger partial charge in [0.1, 0.15) is 6.61 Å². The molecular weight excluding hydrogens is 283 g/mol. The molecule has 0 heterocycles. The van der Waals surface area contributed by atoms with Crippen LogP contribution in [0.1, 0.15) is 1.43 Å². The van der Waals surface area contributed by atoms with Crippen molar-refractivity contribution in [2.24, 2.45) is 0 Å². The van der Waals surface area contributed by atoms with E-state index in [2.05, 4.69) is 3.79 Å². The van der Waals surface area contributed by atoms with Gasteiger partial charge in [-0.1, -0.05) is 0 Å². The van der Waals surface area contributed by atoms with Crippen LogP contribution in [-0.4, -0.2) is 68.6 Å². The molecule has 0 saturated heterocycles. The molecule has 0 saturated carbocycles. The maximum absolute atomic E-state index is 11.9. The summed E-state index contributed by atoms with van der Waals surface area (Å²) in [6, 6.07) is 0. The van der Waals surface area contributed by atoms with Crippen LogP contribution in [0.25, 0.3) is 0 Å². The van der Waals surface area contributed by atoms with Crippen molar-refractivity contribution in [3.8, 4) is 0 Å². The fraction of sp³-hybridized carbons (Fsp3) is 1.00. The summed E-state index contributed by atoms with van der Waals surface area (Å²) < 4.78 is 59.8. The van der Waals surface area contributed by atoms with E-state index in [1.807, 2.05) is 0 Å². The minimum atomic E-state index is -4.39. The molecule has 0 aliphatic heterocycles. The van der Waals surface area contributed by atoms with Gasteiger partial charge in [-0.2, -0.15) is 13.2 Å². The van der Waals surface area contributed by atoms with Crippen molar-refractivity contribution >= 4 is 15.1 Å². The van der Waals surface area contributed by atoms with Crippen LogP contribution in [0, 0.1) is 0 Å². The molecule has 0 spiro atoms. The van der Waals surface area contributed by atoms with Gasteiger partial charge in [0.25, 0.3) is 0 Å². The average Bonchev–Trinajstić information content (AvgIpc) is 2.24. The van der Waals surface area contributed by atoms with Crippen LogP contribution in [0.5, 0.6) is 0 Å². The summed E-state index contributed by atoms with van der Waals surface area (Å²) in [6.07, 6.45) is -4.39. The van der Waals surface area contributed by atoms with Gasteiger partial charge in [0.2, 0.25) is 0 Å². The van der Waals surface area contributed by atoms with Gasteiger partial charge in [-0.05, 0) is 0 Å². The molecule has 0 aliphatic rings. The molecular formula is C8H17AlF3NaO5. The Balaban J connectivity index is -0.00000128. The molecule has 0 atom stereocenters. The average molecular weight is 300 g/mol. The molecule has 0 rings (SSSR count). The van der Waals surface area contributed by atoms with E-state index in [9.17, 15) is 13.2 Å². The third kappa shape index (κ3) is 15.2. The zero-order valence-electron chi connectivity index (χ0n) is 11.8. The first-order valence-electron chi connectivity index (χ1n) is 4.89. The Morgan fingerprint density at radius 1 is 0.889 bits per heavy atom. The smallest absolute Gasteiger partial charge is 1.00 e. The predicted octanol–water partition coefficient (Wildman–Crippen LogP) is -2.01. The van der Waals surface area contributed by atoms with E-state index in [4.69, 9.17) is 17.1 Å². The third-order valence-electron chi connectivity index (χ3n) is 1.47. The molecule has 0 aromatic heterocycles. The number of hydrogen-bond donors (Lipinski definition) is 0. The van der Waals surface area contributed by atoms with Crippen LogP contribution in [0.3, 0.4) is 0 Å². The van der Waals surface area contributed by atoms with E-state index < -0.39 is 27.9 Å². The number of halogens is 3. The molecule has 0 amide bonds. The Morgan fingerprint density at radius 3 is 1.67 bits per heavy atom. The maximum Gasteiger partial charge on any atom is 1.00 e. The number of alkyl halides is 3. The molecule has 104 valence electrons. The molecule has 10 heteroatoms. The van der Waals surface area contributed by atoms with Gasteiger partial charge in [-0.25, -0.2) is 0 Å². The van der Waals surface area contributed by atoms with Crippen molar-refractivity contribution < 1.29 is 65.0 Å². The van der Waals surface area contributed by atoms with Crippen LogP contribution in [0.2, 0.25) is 0 Å².